The van der Waals surface area contributed by atoms with Crippen LogP contribution in [0.25, 0.3) is 0 Å². The highest BCUT2D eigenvalue weighted by molar-refractivity contribution is 7.91. The van der Waals surface area contributed by atoms with Crippen LogP contribution in [0.5, 0.6) is 0 Å². The smallest absolute Gasteiger partial charge is 0.151 e. The molecule has 0 aromatic rings. The Kier molecular flexibility index (Phi) is 4.34. The summed E-state index contributed by atoms with van der Waals surface area (Å²) in [6.07, 6.45) is 1.95. The van der Waals surface area contributed by atoms with E-state index in [-0.39, 0.29) is 23.4 Å². The minimum Gasteiger partial charge on any atom is -0.409 e. The molecule has 0 amide bonds. The van der Waals surface area contributed by atoms with Gasteiger partial charge in [0, 0.05) is 12.5 Å². The van der Waals surface area contributed by atoms with Crippen LogP contribution in [0.2, 0.25) is 0 Å². The van der Waals surface area contributed by atoms with Crippen molar-refractivity contribution in [1.82, 2.24) is 5.32 Å². The summed E-state index contributed by atoms with van der Waals surface area (Å²) in [5.41, 5.74) is 5.29. The summed E-state index contributed by atoms with van der Waals surface area (Å²) in [4.78, 5) is 0. The third kappa shape index (κ3) is 4.48. The van der Waals surface area contributed by atoms with Gasteiger partial charge in [-0.2, -0.15) is 0 Å². The van der Waals surface area contributed by atoms with Crippen LogP contribution < -0.4 is 11.1 Å². The Bertz CT molecular complexity index is 326. The first kappa shape index (κ1) is 12.3. The molecular formula is C8H17N3O3S. The van der Waals surface area contributed by atoms with Crippen molar-refractivity contribution < 1.29 is 13.6 Å². The molecule has 1 aliphatic heterocycles. The third-order valence-corrected chi connectivity index (χ3v) is 4.17. The van der Waals surface area contributed by atoms with Gasteiger partial charge in [-0.3, -0.25) is 0 Å². The molecule has 1 atom stereocenters. The molecule has 0 radical (unpaired) electrons. The van der Waals surface area contributed by atoms with Crippen molar-refractivity contribution >= 4 is 15.7 Å². The van der Waals surface area contributed by atoms with Gasteiger partial charge in [-0.05, 0) is 19.4 Å². The topological polar surface area (TPSA) is 105 Å². The third-order valence-electron chi connectivity index (χ3n) is 2.40. The highest BCUT2D eigenvalue weighted by Crippen LogP contribution is 2.10. The Labute approximate surface area is 89.4 Å². The van der Waals surface area contributed by atoms with Crippen LogP contribution in [0.3, 0.4) is 0 Å². The number of nitrogens with zero attached hydrogens (tertiary/aromatic N) is 1. The van der Waals surface area contributed by atoms with Crippen molar-refractivity contribution in [2.75, 3.05) is 18.1 Å². The minimum atomic E-state index is -2.80. The fraction of sp³-hybridized carbons (Fsp3) is 0.875. The van der Waals surface area contributed by atoms with Gasteiger partial charge in [0.1, 0.15) is 5.84 Å². The molecule has 0 spiro atoms. The van der Waals surface area contributed by atoms with Gasteiger partial charge in [0.05, 0.1) is 11.5 Å². The number of hydrogen-bond acceptors (Lipinski definition) is 5. The van der Waals surface area contributed by atoms with E-state index in [9.17, 15) is 8.42 Å². The molecule has 0 aromatic heterocycles. The largest absolute Gasteiger partial charge is 0.409 e. The first-order chi connectivity index (χ1) is 7.03. The zero-order valence-electron chi connectivity index (χ0n) is 8.52. The molecule has 1 heterocycles. The standard InChI is InChI=1S/C8H17N3O3S/c9-8(11-12)2-1-4-10-7-3-5-15(13,14)6-7/h7,10,12H,1-6H2,(H2,9,11). The van der Waals surface area contributed by atoms with Crippen LogP contribution in [0.1, 0.15) is 19.3 Å². The van der Waals surface area contributed by atoms with Crippen LogP contribution >= 0.6 is 0 Å². The predicted octanol–water partition coefficient (Wildman–Crippen LogP) is -0.710. The number of amidine groups is 1. The summed E-state index contributed by atoms with van der Waals surface area (Å²) in [7, 11) is -2.80. The van der Waals surface area contributed by atoms with Crippen LogP contribution in [-0.2, 0) is 9.84 Å². The lowest BCUT2D eigenvalue weighted by Gasteiger charge is -2.09. The quantitative estimate of drug-likeness (QED) is 0.192. The molecule has 1 aliphatic rings. The summed E-state index contributed by atoms with van der Waals surface area (Å²) in [5.74, 6) is 0.720. The first-order valence-corrected chi connectivity index (χ1v) is 6.76. The molecule has 1 rings (SSSR count). The highest BCUT2D eigenvalue weighted by Gasteiger charge is 2.26. The molecule has 6 nitrogen and oxygen atoms in total. The van der Waals surface area contributed by atoms with E-state index in [1.165, 1.54) is 0 Å². The average Bonchev–Trinajstić information content (AvgIpc) is 2.52. The molecule has 0 aliphatic carbocycles. The monoisotopic (exact) mass is 235 g/mol. The summed E-state index contributed by atoms with van der Waals surface area (Å²) < 4.78 is 22.2. The molecule has 15 heavy (non-hydrogen) atoms. The second kappa shape index (κ2) is 5.32. The zero-order chi connectivity index (χ0) is 11.3. The van der Waals surface area contributed by atoms with Gasteiger partial charge < -0.3 is 16.3 Å². The maximum absolute atomic E-state index is 11.1. The molecule has 0 bridgehead atoms. The molecule has 0 saturated carbocycles. The molecule has 1 saturated heterocycles. The van der Waals surface area contributed by atoms with Crippen molar-refractivity contribution in [1.29, 1.82) is 0 Å². The van der Waals surface area contributed by atoms with Gasteiger partial charge in [0.15, 0.2) is 9.84 Å². The van der Waals surface area contributed by atoms with Gasteiger partial charge in [0.2, 0.25) is 0 Å². The number of sulfone groups is 1. The van der Waals surface area contributed by atoms with Crippen molar-refractivity contribution in [3.05, 3.63) is 0 Å². The van der Waals surface area contributed by atoms with E-state index in [0.717, 1.165) is 6.42 Å². The molecular weight excluding hydrogens is 218 g/mol. The summed E-state index contributed by atoms with van der Waals surface area (Å²) >= 11 is 0. The van der Waals surface area contributed by atoms with Crippen LogP contribution in [0, 0.1) is 0 Å². The van der Waals surface area contributed by atoms with Gasteiger partial charge in [-0.25, -0.2) is 8.42 Å². The van der Waals surface area contributed by atoms with E-state index in [1.54, 1.807) is 0 Å². The highest BCUT2D eigenvalue weighted by atomic mass is 32.2. The summed E-state index contributed by atoms with van der Waals surface area (Å²) in [5, 5.41) is 14.3. The van der Waals surface area contributed by atoms with Gasteiger partial charge in [0.25, 0.3) is 0 Å². The lowest BCUT2D eigenvalue weighted by Crippen LogP contribution is -2.31. The van der Waals surface area contributed by atoms with Gasteiger partial charge >= 0.3 is 0 Å². The van der Waals surface area contributed by atoms with Crippen molar-refractivity contribution in [2.24, 2.45) is 10.9 Å². The first-order valence-electron chi connectivity index (χ1n) is 4.94. The average molecular weight is 235 g/mol. The van der Waals surface area contributed by atoms with Crippen LogP contribution in [0.15, 0.2) is 5.16 Å². The van der Waals surface area contributed by atoms with Crippen LogP contribution in [-0.4, -0.2) is 43.6 Å². The maximum Gasteiger partial charge on any atom is 0.151 e. The van der Waals surface area contributed by atoms with E-state index in [4.69, 9.17) is 10.9 Å². The lowest BCUT2D eigenvalue weighted by atomic mass is 10.2. The Balaban J connectivity index is 2.12. The van der Waals surface area contributed by atoms with E-state index >= 15 is 0 Å². The van der Waals surface area contributed by atoms with Crippen molar-refractivity contribution in [3.8, 4) is 0 Å². The summed E-state index contributed by atoms with van der Waals surface area (Å²) in [6.45, 7) is 0.691. The number of oxime groups is 1. The van der Waals surface area contributed by atoms with Crippen LogP contribution in [0.4, 0.5) is 0 Å². The predicted molar refractivity (Wildman–Crippen MR) is 57.7 cm³/mol. The van der Waals surface area contributed by atoms with E-state index < -0.39 is 9.84 Å². The molecule has 1 unspecified atom stereocenters. The second-order valence-corrected chi connectivity index (χ2v) is 5.98. The number of hydrogen-bond donors (Lipinski definition) is 3. The molecule has 88 valence electrons. The molecule has 0 aromatic carbocycles. The maximum atomic E-state index is 11.1. The van der Waals surface area contributed by atoms with Gasteiger partial charge in [-0.15, -0.1) is 0 Å². The van der Waals surface area contributed by atoms with E-state index in [1.807, 2.05) is 0 Å². The minimum absolute atomic E-state index is 0.0716. The molecule has 4 N–H and O–H groups in total. The molecule has 7 heteroatoms. The Hall–Kier alpha value is -0.820. The normalized spacial score (nSPS) is 25.6. The van der Waals surface area contributed by atoms with Crippen molar-refractivity contribution in [2.45, 2.75) is 25.3 Å². The lowest BCUT2D eigenvalue weighted by molar-refractivity contribution is 0.316. The van der Waals surface area contributed by atoms with Gasteiger partial charge in [-0.1, -0.05) is 5.16 Å². The van der Waals surface area contributed by atoms with E-state index in [2.05, 4.69) is 10.5 Å². The molecule has 1 fully saturated rings. The SMILES string of the molecule is NC(CCCNC1CCS(=O)(=O)C1)=NO. The number of nitrogens with one attached hydrogen (secondary N) is 1. The fourth-order valence-electron chi connectivity index (χ4n) is 1.58. The Morgan fingerprint density at radius 1 is 1.60 bits per heavy atom. The Morgan fingerprint density at radius 2 is 2.33 bits per heavy atom. The zero-order valence-corrected chi connectivity index (χ0v) is 9.33. The fourth-order valence-corrected chi connectivity index (χ4v) is 3.29. The Morgan fingerprint density at radius 3 is 2.87 bits per heavy atom. The van der Waals surface area contributed by atoms with Crippen molar-refractivity contribution in [3.63, 3.8) is 0 Å². The van der Waals surface area contributed by atoms with E-state index in [0.29, 0.717) is 19.4 Å². The number of nitrogens with two attached hydrogens (primary N) is 1. The summed E-state index contributed by atoms with van der Waals surface area (Å²) in [6, 6.07) is 0.0716. The second-order valence-electron chi connectivity index (χ2n) is 3.75. The number of rotatable bonds is 5.